The summed E-state index contributed by atoms with van der Waals surface area (Å²) in [6.45, 7) is 9.02. The molecule has 1 fully saturated rings. The van der Waals surface area contributed by atoms with Crippen molar-refractivity contribution in [2.45, 2.75) is 59.4 Å². The van der Waals surface area contributed by atoms with Crippen molar-refractivity contribution in [1.82, 2.24) is 5.32 Å². The van der Waals surface area contributed by atoms with Crippen molar-refractivity contribution < 1.29 is 4.79 Å². The molecular formula is C17H28N2OS. The molecule has 0 aromatic carbocycles. The second kappa shape index (κ2) is 6.49. The van der Waals surface area contributed by atoms with Crippen LogP contribution in [0.15, 0.2) is 6.07 Å². The van der Waals surface area contributed by atoms with E-state index in [1.807, 2.05) is 0 Å². The maximum absolute atomic E-state index is 12.8. The van der Waals surface area contributed by atoms with E-state index in [4.69, 9.17) is 5.73 Å². The van der Waals surface area contributed by atoms with Gasteiger partial charge in [0.05, 0.1) is 11.5 Å². The highest BCUT2D eigenvalue weighted by molar-refractivity contribution is 7.12. The first-order chi connectivity index (χ1) is 9.88. The van der Waals surface area contributed by atoms with E-state index in [1.165, 1.54) is 15.3 Å². The maximum atomic E-state index is 12.8. The zero-order valence-corrected chi connectivity index (χ0v) is 14.5. The molecule has 3 nitrogen and oxygen atoms in total. The first-order valence-corrected chi connectivity index (χ1v) is 8.77. The molecule has 118 valence electrons. The minimum Gasteiger partial charge on any atom is -0.349 e. The number of amides is 1. The van der Waals surface area contributed by atoms with Crippen LogP contribution in [-0.4, -0.2) is 12.5 Å². The zero-order chi connectivity index (χ0) is 15.6. The normalized spacial score (nSPS) is 27.4. The SMILES string of the molecule is Cc1cc(C(C)NC(=O)C2(CN)CCC(C)CC2)c(C)s1. The van der Waals surface area contributed by atoms with Crippen molar-refractivity contribution in [3.05, 3.63) is 21.4 Å². The molecule has 0 saturated heterocycles. The maximum Gasteiger partial charge on any atom is 0.227 e. The molecule has 1 heterocycles. The van der Waals surface area contributed by atoms with Crippen LogP contribution in [0.25, 0.3) is 0 Å². The third-order valence-electron chi connectivity index (χ3n) is 5.00. The molecule has 0 radical (unpaired) electrons. The Morgan fingerprint density at radius 3 is 2.57 bits per heavy atom. The number of rotatable bonds is 4. The third kappa shape index (κ3) is 3.49. The lowest BCUT2D eigenvalue weighted by Gasteiger charge is -2.38. The Labute approximate surface area is 132 Å². The molecule has 1 aromatic heterocycles. The molecule has 0 bridgehead atoms. The number of thiophene rings is 1. The second-order valence-corrected chi connectivity index (χ2v) is 8.19. The van der Waals surface area contributed by atoms with Gasteiger partial charge in [-0.05, 0) is 64.0 Å². The number of carbonyl (C=O) groups is 1. The molecule has 1 atom stereocenters. The summed E-state index contributed by atoms with van der Waals surface area (Å²) < 4.78 is 0. The summed E-state index contributed by atoms with van der Waals surface area (Å²) in [6, 6.07) is 2.24. The fourth-order valence-electron chi connectivity index (χ4n) is 3.35. The van der Waals surface area contributed by atoms with Crippen LogP contribution in [0.3, 0.4) is 0 Å². The average Bonchev–Trinajstić information content (AvgIpc) is 2.79. The highest BCUT2D eigenvalue weighted by atomic mass is 32.1. The van der Waals surface area contributed by atoms with Crippen LogP contribution in [-0.2, 0) is 4.79 Å². The molecule has 1 aliphatic carbocycles. The third-order valence-corrected chi connectivity index (χ3v) is 5.98. The van der Waals surface area contributed by atoms with Crippen LogP contribution >= 0.6 is 11.3 Å². The smallest absolute Gasteiger partial charge is 0.227 e. The van der Waals surface area contributed by atoms with E-state index in [2.05, 4.69) is 39.1 Å². The number of carbonyl (C=O) groups excluding carboxylic acids is 1. The summed E-state index contributed by atoms with van der Waals surface area (Å²) in [7, 11) is 0. The van der Waals surface area contributed by atoms with Crippen LogP contribution in [0.2, 0.25) is 0 Å². The standard InChI is InChI=1S/C17H28N2OS/c1-11-5-7-17(10-18,8-6-11)16(20)19-13(3)15-9-12(2)21-14(15)4/h9,11,13H,5-8,10,18H2,1-4H3,(H,19,20). The molecule has 0 aliphatic heterocycles. The van der Waals surface area contributed by atoms with Gasteiger partial charge in [-0.15, -0.1) is 11.3 Å². The molecular weight excluding hydrogens is 280 g/mol. The van der Waals surface area contributed by atoms with Crippen LogP contribution in [0.1, 0.15) is 60.9 Å². The Morgan fingerprint density at radius 1 is 1.48 bits per heavy atom. The minimum absolute atomic E-state index is 0.0604. The first kappa shape index (κ1) is 16.5. The molecule has 4 heteroatoms. The van der Waals surface area contributed by atoms with Gasteiger partial charge in [-0.3, -0.25) is 4.79 Å². The topological polar surface area (TPSA) is 55.1 Å². The molecule has 1 unspecified atom stereocenters. The van der Waals surface area contributed by atoms with Gasteiger partial charge < -0.3 is 11.1 Å². The van der Waals surface area contributed by atoms with Crippen LogP contribution < -0.4 is 11.1 Å². The van der Waals surface area contributed by atoms with E-state index in [0.29, 0.717) is 6.54 Å². The summed E-state index contributed by atoms with van der Waals surface area (Å²) in [5, 5.41) is 3.21. The molecule has 0 spiro atoms. The van der Waals surface area contributed by atoms with E-state index in [9.17, 15) is 4.79 Å². The predicted octanol–water partition coefficient (Wildman–Crippen LogP) is 3.70. The van der Waals surface area contributed by atoms with E-state index < -0.39 is 0 Å². The zero-order valence-electron chi connectivity index (χ0n) is 13.7. The monoisotopic (exact) mass is 308 g/mol. The highest BCUT2D eigenvalue weighted by Crippen LogP contribution is 2.39. The largest absolute Gasteiger partial charge is 0.349 e. The van der Waals surface area contributed by atoms with Gasteiger partial charge in [0.25, 0.3) is 0 Å². The lowest BCUT2D eigenvalue weighted by Crippen LogP contribution is -2.48. The van der Waals surface area contributed by atoms with Crippen molar-refractivity contribution in [3.8, 4) is 0 Å². The van der Waals surface area contributed by atoms with Gasteiger partial charge in [-0.2, -0.15) is 0 Å². The fraction of sp³-hybridized carbons (Fsp3) is 0.706. The lowest BCUT2D eigenvalue weighted by atomic mass is 9.70. The predicted molar refractivity (Wildman–Crippen MR) is 89.5 cm³/mol. The van der Waals surface area contributed by atoms with Crippen molar-refractivity contribution in [2.24, 2.45) is 17.1 Å². The Balaban J connectivity index is 2.07. The summed E-state index contributed by atoms with van der Waals surface area (Å²) >= 11 is 1.79. The fourth-order valence-corrected chi connectivity index (χ4v) is 4.37. The van der Waals surface area contributed by atoms with Gasteiger partial charge in [0.15, 0.2) is 0 Å². The average molecular weight is 308 g/mol. The number of hydrogen-bond acceptors (Lipinski definition) is 3. The Hall–Kier alpha value is -0.870. The van der Waals surface area contributed by atoms with E-state index >= 15 is 0 Å². The Morgan fingerprint density at radius 2 is 2.10 bits per heavy atom. The number of aryl methyl sites for hydroxylation is 2. The Bertz CT molecular complexity index is 501. The van der Waals surface area contributed by atoms with Crippen molar-refractivity contribution in [1.29, 1.82) is 0 Å². The van der Waals surface area contributed by atoms with Crippen LogP contribution in [0, 0.1) is 25.2 Å². The molecule has 1 aromatic rings. The number of nitrogens with one attached hydrogen (secondary N) is 1. The molecule has 1 saturated carbocycles. The van der Waals surface area contributed by atoms with Gasteiger partial charge in [0, 0.05) is 16.3 Å². The quantitative estimate of drug-likeness (QED) is 0.891. The van der Waals surface area contributed by atoms with Gasteiger partial charge in [0.1, 0.15) is 0 Å². The van der Waals surface area contributed by atoms with Crippen molar-refractivity contribution in [2.75, 3.05) is 6.54 Å². The van der Waals surface area contributed by atoms with Gasteiger partial charge in [0.2, 0.25) is 5.91 Å². The molecule has 1 aliphatic rings. The van der Waals surface area contributed by atoms with Gasteiger partial charge >= 0.3 is 0 Å². The van der Waals surface area contributed by atoms with Gasteiger partial charge in [-0.1, -0.05) is 6.92 Å². The highest BCUT2D eigenvalue weighted by Gasteiger charge is 2.40. The Kier molecular flexibility index (Phi) is 5.10. The summed E-state index contributed by atoms with van der Waals surface area (Å²) in [5.74, 6) is 0.865. The van der Waals surface area contributed by atoms with E-state index in [-0.39, 0.29) is 17.4 Å². The number of hydrogen-bond donors (Lipinski definition) is 2. The second-order valence-electron chi connectivity index (χ2n) is 6.73. The summed E-state index contributed by atoms with van der Waals surface area (Å²) in [4.78, 5) is 15.4. The van der Waals surface area contributed by atoms with Crippen LogP contribution in [0.4, 0.5) is 0 Å². The van der Waals surface area contributed by atoms with Crippen molar-refractivity contribution in [3.63, 3.8) is 0 Å². The van der Waals surface area contributed by atoms with E-state index in [1.54, 1.807) is 11.3 Å². The molecule has 21 heavy (non-hydrogen) atoms. The van der Waals surface area contributed by atoms with E-state index in [0.717, 1.165) is 31.6 Å². The minimum atomic E-state index is -0.347. The molecule has 3 N–H and O–H groups in total. The summed E-state index contributed by atoms with van der Waals surface area (Å²) in [6.07, 6.45) is 4.06. The summed E-state index contributed by atoms with van der Waals surface area (Å²) in [5.41, 5.74) is 6.86. The number of nitrogens with two attached hydrogens (primary N) is 1. The van der Waals surface area contributed by atoms with Crippen LogP contribution in [0.5, 0.6) is 0 Å². The van der Waals surface area contributed by atoms with Crippen molar-refractivity contribution >= 4 is 17.2 Å². The molecule has 2 rings (SSSR count). The van der Waals surface area contributed by atoms with Gasteiger partial charge in [-0.25, -0.2) is 0 Å². The first-order valence-electron chi connectivity index (χ1n) is 7.96. The lowest BCUT2D eigenvalue weighted by molar-refractivity contribution is -0.133. The molecule has 1 amide bonds.